The van der Waals surface area contributed by atoms with Gasteiger partial charge in [-0.2, -0.15) is 0 Å². The van der Waals surface area contributed by atoms with Crippen molar-refractivity contribution in [3.05, 3.63) is 36.0 Å². The Bertz CT molecular complexity index is 534. The molecule has 1 aromatic carbocycles. The number of aliphatic carboxylic acids is 1. The fourth-order valence-electron chi connectivity index (χ4n) is 1.87. The van der Waals surface area contributed by atoms with Crippen LogP contribution in [0.5, 0.6) is 0 Å². The molecule has 0 aliphatic carbocycles. The fourth-order valence-corrected chi connectivity index (χ4v) is 1.87. The van der Waals surface area contributed by atoms with Gasteiger partial charge in [-0.15, -0.1) is 0 Å². The van der Waals surface area contributed by atoms with Crippen molar-refractivity contribution >= 4 is 16.9 Å². The Morgan fingerprint density at radius 1 is 1.29 bits per heavy atom. The standard InChI is InChI=1S/C12H13NO4/c14-10(6-11(15)16)12(17)8-2-1-3-9-7(8)4-5-13-9/h1-5,10,12-14,17H,6H2,(H,15,16). The van der Waals surface area contributed by atoms with Gasteiger partial charge in [0.2, 0.25) is 0 Å². The van der Waals surface area contributed by atoms with Gasteiger partial charge < -0.3 is 20.3 Å². The van der Waals surface area contributed by atoms with E-state index in [1.54, 1.807) is 24.4 Å². The van der Waals surface area contributed by atoms with Crippen LogP contribution < -0.4 is 0 Å². The molecule has 0 spiro atoms. The molecule has 0 amide bonds. The fraction of sp³-hybridized carbons (Fsp3) is 0.250. The van der Waals surface area contributed by atoms with Gasteiger partial charge in [0.1, 0.15) is 6.10 Å². The lowest BCUT2D eigenvalue weighted by Gasteiger charge is -2.17. The minimum absolute atomic E-state index is 0.484. The van der Waals surface area contributed by atoms with E-state index in [9.17, 15) is 15.0 Å². The maximum absolute atomic E-state index is 10.5. The number of hydrogen-bond acceptors (Lipinski definition) is 3. The molecular weight excluding hydrogens is 222 g/mol. The summed E-state index contributed by atoms with van der Waals surface area (Å²) < 4.78 is 0. The molecule has 0 bridgehead atoms. The van der Waals surface area contributed by atoms with Crippen LogP contribution in [0.25, 0.3) is 10.9 Å². The maximum Gasteiger partial charge on any atom is 0.306 e. The first kappa shape index (κ1) is 11.6. The number of rotatable bonds is 4. The minimum atomic E-state index is -1.31. The average molecular weight is 235 g/mol. The molecule has 0 saturated heterocycles. The van der Waals surface area contributed by atoms with E-state index < -0.39 is 24.6 Å². The van der Waals surface area contributed by atoms with Crippen LogP contribution in [-0.4, -0.2) is 32.4 Å². The number of carbonyl (C=O) groups is 1. The third-order valence-electron chi connectivity index (χ3n) is 2.70. The largest absolute Gasteiger partial charge is 0.481 e. The molecule has 1 aromatic heterocycles. The summed E-state index contributed by atoms with van der Waals surface area (Å²) in [6, 6.07) is 7.04. The summed E-state index contributed by atoms with van der Waals surface area (Å²) in [4.78, 5) is 13.5. The number of hydrogen-bond donors (Lipinski definition) is 4. The van der Waals surface area contributed by atoms with Crippen LogP contribution >= 0.6 is 0 Å². The van der Waals surface area contributed by atoms with Crippen molar-refractivity contribution in [2.75, 3.05) is 0 Å². The van der Waals surface area contributed by atoms with E-state index in [2.05, 4.69) is 4.98 Å². The zero-order chi connectivity index (χ0) is 12.4. The van der Waals surface area contributed by atoms with E-state index in [-0.39, 0.29) is 0 Å². The summed E-state index contributed by atoms with van der Waals surface area (Å²) in [6.07, 6.45) is -1.27. The first-order valence-electron chi connectivity index (χ1n) is 5.23. The third-order valence-corrected chi connectivity index (χ3v) is 2.70. The van der Waals surface area contributed by atoms with Crippen LogP contribution in [0, 0.1) is 0 Å². The number of carboxylic acid groups (broad SMARTS) is 1. The normalized spacial score (nSPS) is 14.7. The van der Waals surface area contributed by atoms with Crippen molar-refractivity contribution in [1.82, 2.24) is 4.98 Å². The quantitative estimate of drug-likeness (QED) is 0.637. The van der Waals surface area contributed by atoms with Gasteiger partial charge in [0.15, 0.2) is 0 Å². The van der Waals surface area contributed by atoms with Crippen LogP contribution in [0.15, 0.2) is 30.5 Å². The topological polar surface area (TPSA) is 93.6 Å². The molecule has 2 aromatic rings. The Morgan fingerprint density at radius 2 is 2.06 bits per heavy atom. The van der Waals surface area contributed by atoms with E-state index in [0.717, 1.165) is 10.9 Å². The highest BCUT2D eigenvalue weighted by Crippen LogP contribution is 2.26. The van der Waals surface area contributed by atoms with Crippen molar-refractivity contribution in [3.8, 4) is 0 Å². The van der Waals surface area contributed by atoms with Gasteiger partial charge in [0, 0.05) is 17.1 Å². The Hall–Kier alpha value is -1.85. The highest BCUT2D eigenvalue weighted by atomic mass is 16.4. The lowest BCUT2D eigenvalue weighted by atomic mass is 9.99. The van der Waals surface area contributed by atoms with Crippen LogP contribution in [0.3, 0.4) is 0 Å². The number of aliphatic hydroxyl groups is 2. The first-order valence-corrected chi connectivity index (χ1v) is 5.23. The molecule has 5 heteroatoms. The van der Waals surface area contributed by atoms with Gasteiger partial charge in [-0.1, -0.05) is 12.1 Å². The number of carboxylic acids is 1. The number of aliphatic hydroxyl groups excluding tert-OH is 2. The first-order chi connectivity index (χ1) is 8.09. The summed E-state index contributed by atoms with van der Waals surface area (Å²) in [7, 11) is 0. The highest BCUT2D eigenvalue weighted by molar-refractivity contribution is 5.83. The van der Waals surface area contributed by atoms with Crippen LogP contribution in [0.2, 0.25) is 0 Å². The Labute approximate surface area is 97.3 Å². The maximum atomic E-state index is 10.5. The second-order valence-electron chi connectivity index (χ2n) is 3.90. The summed E-state index contributed by atoms with van der Waals surface area (Å²) in [5.41, 5.74) is 1.36. The summed E-state index contributed by atoms with van der Waals surface area (Å²) in [5, 5.41) is 28.9. The summed E-state index contributed by atoms with van der Waals surface area (Å²) in [5.74, 6) is -1.14. The molecule has 2 atom stereocenters. The molecule has 17 heavy (non-hydrogen) atoms. The van der Waals surface area contributed by atoms with Crippen LogP contribution in [0.1, 0.15) is 18.1 Å². The monoisotopic (exact) mass is 235 g/mol. The average Bonchev–Trinajstić information content (AvgIpc) is 2.74. The van der Waals surface area contributed by atoms with E-state index in [1.807, 2.05) is 6.07 Å². The van der Waals surface area contributed by atoms with Crippen molar-refractivity contribution in [2.24, 2.45) is 0 Å². The molecule has 2 unspecified atom stereocenters. The number of fused-ring (bicyclic) bond motifs is 1. The number of aromatic amines is 1. The Morgan fingerprint density at radius 3 is 2.76 bits per heavy atom. The second-order valence-corrected chi connectivity index (χ2v) is 3.90. The van der Waals surface area contributed by atoms with Crippen LogP contribution in [-0.2, 0) is 4.79 Å². The predicted octanol–water partition coefficient (Wildman–Crippen LogP) is 1.04. The van der Waals surface area contributed by atoms with Gasteiger partial charge in [-0.25, -0.2) is 0 Å². The number of nitrogens with one attached hydrogen (secondary N) is 1. The number of benzene rings is 1. The van der Waals surface area contributed by atoms with Gasteiger partial charge >= 0.3 is 5.97 Å². The summed E-state index contributed by atoms with van der Waals surface area (Å²) >= 11 is 0. The third kappa shape index (κ3) is 2.30. The molecule has 0 saturated carbocycles. The van der Waals surface area contributed by atoms with Crippen LogP contribution in [0.4, 0.5) is 0 Å². The van der Waals surface area contributed by atoms with Gasteiger partial charge in [-0.3, -0.25) is 4.79 Å². The number of aromatic nitrogens is 1. The molecule has 0 aliphatic heterocycles. The van der Waals surface area contributed by atoms with E-state index >= 15 is 0 Å². The zero-order valence-corrected chi connectivity index (χ0v) is 9.00. The molecule has 0 aliphatic rings. The molecule has 0 fully saturated rings. The minimum Gasteiger partial charge on any atom is -0.481 e. The molecule has 5 nitrogen and oxygen atoms in total. The predicted molar refractivity (Wildman–Crippen MR) is 61.5 cm³/mol. The Balaban J connectivity index is 2.32. The van der Waals surface area contributed by atoms with Crippen molar-refractivity contribution in [1.29, 1.82) is 0 Å². The molecular formula is C12H13NO4. The SMILES string of the molecule is O=C(O)CC(O)C(O)c1cccc2[nH]ccc12. The van der Waals surface area contributed by atoms with Crippen molar-refractivity contribution in [3.63, 3.8) is 0 Å². The lowest BCUT2D eigenvalue weighted by Crippen LogP contribution is -2.21. The molecule has 90 valence electrons. The van der Waals surface area contributed by atoms with Crippen molar-refractivity contribution in [2.45, 2.75) is 18.6 Å². The van der Waals surface area contributed by atoms with E-state index in [1.165, 1.54) is 0 Å². The second kappa shape index (κ2) is 4.57. The van der Waals surface area contributed by atoms with E-state index in [0.29, 0.717) is 5.56 Å². The van der Waals surface area contributed by atoms with Crippen molar-refractivity contribution < 1.29 is 20.1 Å². The van der Waals surface area contributed by atoms with Gasteiger partial charge in [0.05, 0.1) is 12.5 Å². The highest BCUT2D eigenvalue weighted by Gasteiger charge is 2.22. The zero-order valence-electron chi connectivity index (χ0n) is 9.00. The molecule has 2 rings (SSSR count). The molecule has 0 radical (unpaired) electrons. The lowest BCUT2D eigenvalue weighted by molar-refractivity contribution is -0.141. The number of H-pyrrole nitrogens is 1. The Kier molecular flexibility index (Phi) is 3.12. The van der Waals surface area contributed by atoms with E-state index in [4.69, 9.17) is 5.11 Å². The summed E-state index contributed by atoms with van der Waals surface area (Å²) in [6.45, 7) is 0. The van der Waals surface area contributed by atoms with Gasteiger partial charge in [0.25, 0.3) is 0 Å². The smallest absolute Gasteiger partial charge is 0.306 e. The van der Waals surface area contributed by atoms with Gasteiger partial charge in [-0.05, 0) is 17.7 Å². The molecule has 1 heterocycles. The molecule has 4 N–H and O–H groups in total.